The standard InChI is InChI=1S/C20H22N4O/c1-14-7-8-19-22-17(13-24(19)11-14)10-21-20(25)18-9-15-5-3-4-6-16(15)12-23(18)2/h3-8,11,13,18H,9-10,12H2,1-2H3,(H,21,25)/t18-/m0/s1. The van der Waals surface area contributed by atoms with E-state index in [1.165, 1.54) is 16.7 Å². The van der Waals surface area contributed by atoms with Gasteiger partial charge in [-0.05, 0) is 43.1 Å². The van der Waals surface area contributed by atoms with Crippen molar-refractivity contribution in [3.05, 3.63) is 71.2 Å². The van der Waals surface area contributed by atoms with E-state index >= 15 is 0 Å². The molecule has 2 aromatic heterocycles. The van der Waals surface area contributed by atoms with Gasteiger partial charge >= 0.3 is 0 Å². The molecule has 5 heteroatoms. The summed E-state index contributed by atoms with van der Waals surface area (Å²) in [7, 11) is 2.01. The van der Waals surface area contributed by atoms with Gasteiger partial charge in [-0.15, -0.1) is 0 Å². The third-order valence-corrected chi connectivity index (χ3v) is 4.88. The maximum atomic E-state index is 12.7. The van der Waals surface area contributed by atoms with E-state index in [-0.39, 0.29) is 11.9 Å². The smallest absolute Gasteiger partial charge is 0.238 e. The van der Waals surface area contributed by atoms with Gasteiger partial charge in [-0.25, -0.2) is 4.98 Å². The lowest BCUT2D eigenvalue weighted by Crippen LogP contribution is -2.48. The van der Waals surface area contributed by atoms with Crippen molar-refractivity contribution in [2.75, 3.05) is 7.05 Å². The predicted molar refractivity (Wildman–Crippen MR) is 97.2 cm³/mol. The van der Waals surface area contributed by atoms with Gasteiger partial charge in [0.1, 0.15) is 5.65 Å². The first-order valence-electron chi connectivity index (χ1n) is 8.59. The van der Waals surface area contributed by atoms with Crippen LogP contribution in [-0.4, -0.2) is 33.3 Å². The second kappa shape index (κ2) is 6.33. The van der Waals surface area contributed by atoms with Crippen LogP contribution in [0.2, 0.25) is 0 Å². The summed E-state index contributed by atoms with van der Waals surface area (Å²) < 4.78 is 2.00. The van der Waals surface area contributed by atoms with Gasteiger partial charge in [-0.3, -0.25) is 9.69 Å². The van der Waals surface area contributed by atoms with Crippen molar-refractivity contribution >= 4 is 11.6 Å². The van der Waals surface area contributed by atoms with E-state index in [0.717, 1.165) is 24.3 Å². The Morgan fingerprint density at radius 3 is 2.84 bits per heavy atom. The molecule has 0 bridgehead atoms. The van der Waals surface area contributed by atoms with Crippen LogP contribution >= 0.6 is 0 Å². The summed E-state index contributed by atoms with van der Waals surface area (Å²) in [5.41, 5.74) is 5.54. The van der Waals surface area contributed by atoms with Crippen LogP contribution in [0.4, 0.5) is 0 Å². The fraction of sp³-hybridized carbons (Fsp3) is 0.300. The number of likely N-dealkylation sites (N-methyl/N-ethyl adjacent to an activating group) is 1. The second-order valence-corrected chi connectivity index (χ2v) is 6.83. The molecule has 1 amide bonds. The zero-order valence-electron chi connectivity index (χ0n) is 14.6. The quantitative estimate of drug-likeness (QED) is 0.800. The van der Waals surface area contributed by atoms with Gasteiger partial charge in [0.25, 0.3) is 0 Å². The minimum absolute atomic E-state index is 0.0604. The van der Waals surface area contributed by atoms with E-state index < -0.39 is 0 Å². The Bertz CT molecular complexity index is 930. The number of hydrogen-bond acceptors (Lipinski definition) is 3. The van der Waals surface area contributed by atoms with E-state index in [4.69, 9.17) is 0 Å². The monoisotopic (exact) mass is 334 g/mol. The first-order chi connectivity index (χ1) is 12.1. The molecule has 0 saturated heterocycles. The minimum Gasteiger partial charge on any atom is -0.349 e. The number of carbonyl (C=O) groups excluding carboxylic acids is 1. The number of fused-ring (bicyclic) bond motifs is 2. The number of hydrogen-bond donors (Lipinski definition) is 1. The number of nitrogens with zero attached hydrogens (tertiary/aromatic N) is 3. The largest absolute Gasteiger partial charge is 0.349 e. The fourth-order valence-electron chi connectivity index (χ4n) is 3.48. The average Bonchev–Trinajstić information content (AvgIpc) is 3.01. The molecule has 25 heavy (non-hydrogen) atoms. The highest BCUT2D eigenvalue weighted by molar-refractivity contribution is 5.82. The molecule has 1 N–H and O–H groups in total. The summed E-state index contributed by atoms with van der Waals surface area (Å²) in [5, 5.41) is 3.05. The minimum atomic E-state index is -0.130. The maximum absolute atomic E-state index is 12.7. The van der Waals surface area contributed by atoms with Crippen molar-refractivity contribution in [2.24, 2.45) is 0 Å². The average molecular weight is 334 g/mol. The van der Waals surface area contributed by atoms with Gasteiger partial charge in [-0.1, -0.05) is 30.3 Å². The summed E-state index contributed by atoms with van der Waals surface area (Å²) in [4.78, 5) is 19.3. The maximum Gasteiger partial charge on any atom is 0.238 e. The van der Waals surface area contributed by atoms with Crippen molar-refractivity contribution in [3.8, 4) is 0 Å². The normalized spacial score (nSPS) is 17.4. The van der Waals surface area contributed by atoms with Crippen LogP contribution in [0.25, 0.3) is 5.65 Å². The first-order valence-corrected chi connectivity index (χ1v) is 8.59. The molecule has 128 valence electrons. The van der Waals surface area contributed by atoms with Crippen molar-refractivity contribution in [1.29, 1.82) is 0 Å². The number of carbonyl (C=O) groups is 1. The summed E-state index contributed by atoms with van der Waals surface area (Å²) in [5.74, 6) is 0.0604. The molecule has 0 fully saturated rings. The Kier molecular flexibility index (Phi) is 4.01. The SMILES string of the molecule is Cc1ccc2nc(CNC(=O)[C@@H]3Cc4ccccc4CN3C)cn2c1. The number of pyridine rings is 1. The molecule has 0 aliphatic carbocycles. The Balaban J connectivity index is 1.44. The Hall–Kier alpha value is -2.66. The van der Waals surface area contributed by atoms with Crippen LogP contribution in [0.15, 0.2) is 48.8 Å². The predicted octanol–water partition coefficient (Wildman–Crippen LogP) is 2.32. The molecule has 0 unspecified atom stereocenters. The van der Waals surface area contributed by atoms with Crippen LogP contribution in [0.3, 0.4) is 0 Å². The topological polar surface area (TPSA) is 49.6 Å². The van der Waals surface area contributed by atoms with Crippen molar-refractivity contribution in [3.63, 3.8) is 0 Å². The lowest BCUT2D eigenvalue weighted by molar-refractivity contribution is -0.126. The summed E-state index contributed by atoms with van der Waals surface area (Å²) in [6.07, 6.45) is 4.77. The molecule has 3 aromatic rings. The van der Waals surface area contributed by atoms with Crippen LogP contribution in [0.5, 0.6) is 0 Å². The molecule has 0 spiro atoms. The molecule has 3 heterocycles. The van der Waals surface area contributed by atoms with E-state index in [0.29, 0.717) is 6.54 Å². The van der Waals surface area contributed by atoms with Gasteiger partial charge in [-0.2, -0.15) is 0 Å². The molecular formula is C20H22N4O. The van der Waals surface area contributed by atoms with E-state index in [1.54, 1.807) is 0 Å². The number of rotatable bonds is 3. The van der Waals surface area contributed by atoms with Crippen LogP contribution < -0.4 is 5.32 Å². The third kappa shape index (κ3) is 3.15. The molecule has 1 atom stereocenters. The molecule has 1 aliphatic rings. The molecule has 1 aliphatic heterocycles. The Morgan fingerprint density at radius 1 is 1.20 bits per heavy atom. The van der Waals surface area contributed by atoms with E-state index in [9.17, 15) is 4.79 Å². The van der Waals surface area contributed by atoms with Crippen LogP contribution in [0.1, 0.15) is 22.4 Å². The number of imidazole rings is 1. The summed E-state index contributed by atoms with van der Waals surface area (Å²) in [6, 6.07) is 12.3. The number of nitrogens with one attached hydrogen (secondary N) is 1. The lowest BCUT2D eigenvalue weighted by Gasteiger charge is -2.32. The van der Waals surface area contributed by atoms with E-state index in [2.05, 4.69) is 40.3 Å². The number of aryl methyl sites for hydroxylation is 1. The van der Waals surface area contributed by atoms with Gasteiger partial charge in [0, 0.05) is 18.9 Å². The Morgan fingerprint density at radius 2 is 2.00 bits per heavy atom. The number of amides is 1. The zero-order chi connectivity index (χ0) is 17.4. The number of aromatic nitrogens is 2. The first kappa shape index (κ1) is 15.8. The highest BCUT2D eigenvalue weighted by atomic mass is 16.2. The molecule has 0 saturated carbocycles. The summed E-state index contributed by atoms with van der Waals surface area (Å²) in [6.45, 7) is 3.31. The summed E-state index contributed by atoms with van der Waals surface area (Å²) >= 11 is 0. The lowest BCUT2D eigenvalue weighted by atomic mass is 9.94. The third-order valence-electron chi connectivity index (χ3n) is 4.88. The van der Waals surface area contributed by atoms with Gasteiger partial charge < -0.3 is 9.72 Å². The van der Waals surface area contributed by atoms with Crippen molar-refractivity contribution in [2.45, 2.75) is 32.5 Å². The Labute approximate surface area is 147 Å². The second-order valence-electron chi connectivity index (χ2n) is 6.83. The van der Waals surface area contributed by atoms with Gasteiger partial charge in [0.2, 0.25) is 5.91 Å². The van der Waals surface area contributed by atoms with Crippen LogP contribution in [0, 0.1) is 6.92 Å². The van der Waals surface area contributed by atoms with Gasteiger partial charge in [0.05, 0.1) is 18.3 Å². The highest BCUT2D eigenvalue weighted by Gasteiger charge is 2.28. The molecule has 5 nitrogen and oxygen atoms in total. The highest BCUT2D eigenvalue weighted by Crippen LogP contribution is 2.22. The molecule has 0 radical (unpaired) electrons. The van der Waals surface area contributed by atoms with Gasteiger partial charge in [0.15, 0.2) is 0 Å². The zero-order valence-corrected chi connectivity index (χ0v) is 14.6. The number of benzene rings is 1. The molecular weight excluding hydrogens is 312 g/mol. The van der Waals surface area contributed by atoms with Crippen molar-refractivity contribution < 1.29 is 4.79 Å². The van der Waals surface area contributed by atoms with Crippen LogP contribution in [-0.2, 0) is 24.3 Å². The fourth-order valence-corrected chi connectivity index (χ4v) is 3.48. The van der Waals surface area contributed by atoms with Crippen molar-refractivity contribution in [1.82, 2.24) is 19.6 Å². The molecule has 4 rings (SSSR count). The van der Waals surface area contributed by atoms with E-state index in [1.807, 2.05) is 42.0 Å². The molecule has 1 aromatic carbocycles.